The van der Waals surface area contributed by atoms with Gasteiger partial charge in [-0.15, -0.1) is 0 Å². The maximum Gasteiger partial charge on any atom is 0.246 e. The Bertz CT molecular complexity index is 714. The summed E-state index contributed by atoms with van der Waals surface area (Å²) in [5.41, 5.74) is 3.18. The molecule has 1 unspecified atom stereocenters. The summed E-state index contributed by atoms with van der Waals surface area (Å²) in [6.45, 7) is 5.19. The summed E-state index contributed by atoms with van der Waals surface area (Å²) in [6, 6.07) is 15.9. The summed E-state index contributed by atoms with van der Waals surface area (Å²) >= 11 is 0. The number of nitrogens with zero attached hydrogens (tertiary/aromatic N) is 1. The average Bonchev–Trinajstić information content (AvgIpc) is 3.04. The van der Waals surface area contributed by atoms with Crippen molar-refractivity contribution in [3.63, 3.8) is 0 Å². The number of hydrogen-bond acceptors (Lipinski definition) is 3. The van der Waals surface area contributed by atoms with E-state index in [1.54, 1.807) is 0 Å². The number of ether oxygens (including phenoxy) is 1. The minimum atomic E-state index is 0.0909. The number of anilines is 2. The second-order valence-corrected chi connectivity index (χ2v) is 6.14. The monoisotopic (exact) mass is 324 g/mol. The van der Waals surface area contributed by atoms with Gasteiger partial charge in [-0.3, -0.25) is 4.79 Å². The van der Waals surface area contributed by atoms with Gasteiger partial charge in [0.25, 0.3) is 0 Å². The van der Waals surface area contributed by atoms with Gasteiger partial charge in [-0.2, -0.15) is 0 Å². The Morgan fingerprint density at radius 1 is 1.25 bits per heavy atom. The Morgan fingerprint density at radius 2 is 2.08 bits per heavy atom. The van der Waals surface area contributed by atoms with E-state index in [1.165, 1.54) is 5.56 Å². The van der Waals surface area contributed by atoms with Gasteiger partial charge >= 0.3 is 0 Å². The first-order chi connectivity index (χ1) is 11.7. The summed E-state index contributed by atoms with van der Waals surface area (Å²) in [7, 11) is 0. The highest BCUT2D eigenvalue weighted by Crippen LogP contribution is 2.27. The molecule has 2 aromatic carbocycles. The first-order valence-corrected chi connectivity index (χ1v) is 8.56. The number of rotatable bonds is 6. The number of fused-ring (bicyclic) bond motifs is 1. The Morgan fingerprint density at radius 3 is 2.92 bits per heavy atom. The molecule has 0 fully saturated rings. The van der Waals surface area contributed by atoms with Crippen LogP contribution in [0.1, 0.15) is 25.8 Å². The summed E-state index contributed by atoms with van der Waals surface area (Å²) in [6.07, 6.45) is 2.08. The molecule has 3 rings (SSSR count). The van der Waals surface area contributed by atoms with E-state index >= 15 is 0 Å². The van der Waals surface area contributed by atoms with Crippen molar-refractivity contribution in [2.24, 2.45) is 0 Å². The third-order valence-corrected chi connectivity index (χ3v) is 4.38. The Balaban J connectivity index is 1.60. The molecule has 0 aromatic heterocycles. The fraction of sp³-hybridized carbons (Fsp3) is 0.350. The summed E-state index contributed by atoms with van der Waals surface area (Å²) in [4.78, 5) is 14.4. The van der Waals surface area contributed by atoms with Gasteiger partial charge in [-0.25, -0.2) is 0 Å². The van der Waals surface area contributed by atoms with Gasteiger partial charge in [0.1, 0.15) is 5.75 Å². The number of nitrogens with one attached hydrogen (secondary N) is 1. The largest absolute Gasteiger partial charge is 0.491 e. The predicted octanol–water partition coefficient (Wildman–Crippen LogP) is 3.87. The first-order valence-electron chi connectivity index (χ1n) is 8.56. The van der Waals surface area contributed by atoms with E-state index in [4.69, 9.17) is 4.74 Å². The van der Waals surface area contributed by atoms with Crippen LogP contribution >= 0.6 is 0 Å². The van der Waals surface area contributed by atoms with E-state index in [0.717, 1.165) is 36.5 Å². The molecule has 1 aliphatic rings. The number of hydrogen-bond donors (Lipinski definition) is 1. The minimum Gasteiger partial charge on any atom is -0.491 e. The zero-order valence-electron chi connectivity index (χ0n) is 14.3. The molecule has 0 radical (unpaired) electrons. The van der Waals surface area contributed by atoms with Crippen LogP contribution in [0, 0.1) is 0 Å². The SMILES string of the molecule is CCC(C)Oc1cccc(NCC(=O)N2CCc3ccccc32)c1. The highest BCUT2D eigenvalue weighted by Gasteiger charge is 2.23. The van der Waals surface area contributed by atoms with E-state index in [0.29, 0.717) is 0 Å². The molecule has 2 aromatic rings. The zero-order valence-corrected chi connectivity index (χ0v) is 14.3. The van der Waals surface area contributed by atoms with Crippen LogP contribution in [-0.2, 0) is 11.2 Å². The van der Waals surface area contributed by atoms with Crippen molar-refractivity contribution in [1.82, 2.24) is 0 Å². The fourth-order valence-electron chi connectivity index (χ4n) is 2.87. The number of carbonyl (C=O) groups is 1. The molecule has 0 saturated heterocycles. The average molecular weight is 324 g/mol. The summed E-state index contributed by atoms with van der Waals surface area (Å²) in [5.74, 6) is 0.918. The van der Waals surface area contributed by atoms with E-state index in [2.05, 4.69) is 25.2 Å². The van der Waals surface area contributed by atoms with E-state index < -0.39 is 0 Å². The van der Waals surface area contributed by atoms with Crippen LogP contribution in [0.15, 0.2) is 48.5 Å². The maximum absolute atomic E-state index is 12.5. The second kappa shape index (κ2) is 7.39. The standard InChI is InChI=1S/C20H24N2O2/c1-3-15(2)24-18-9-6-8-17(13-18)21-14-20(23)22-12-11-16-7-4-5-10-19(16)22/h4-10,13,15,21H,3,11-12,14H2,1-2H3. The van der Waals surface area contributed by atoms with Gasteiger partial charge in [0, 0.05) is 24.0 Å². The molecule has 0 bridgehead atoms. The van der Waals surface area contributed by atoms with E-state index in [1.807, 2.05) is 47.4 Å². The topological polar surface area (TPSA) is 41.6 Å². The molecule has 0 aliphatic carbocycles. The molecule has 4 heteroatoms. The lowest BCUT2D eigenvalue weighted by Crippen LogP contribution is -2.34. The lowest BCUT2D eigenvalue weighted by molar-refractivity contribution is -0.116. The van der Waals surface area contributed by atoms with Gasteiger partial charge in [-0.05, 0) is 43.5 Å². The van der Waals surface area contributed by atoms with E-state index in [-0.39, 0.29) is 18.6 Å². The Labute approximate surface area is 143 Å². The van der Waals surface area contributed by atoms with Crippen molar-refractivity contribution in [1.29, 1.82) is 0 Å². The number of amides is 1. The molecular weight excluding hydrogens is 300 g/mol. The van der Waals surface area contributed by atoms with Crippen LogP contribution in [0.5, 0.6) is 5.75 Å². The summed E-state index contributed by atoms with van der Waals surface area (Å²) < 4.78 is 5.82. The van der Waals surface area contributed by atoms with Crippen LogP contribution < -0.4 is 15.0 Å². The minimum absolute atomic E-state index is 0.0909. The molecule has 1 aliphatic heterocycles. The molecular formula is C20H24N2O2. The van der Waals surface area contributed by atoms with Gasteiger partial charge in [-0.1, -0.05) is 31.2 Å². The Hall–Kier alpha value is -2.49. The molecule has 0 saturated carbocycles. The van der Waals surface area contributed by atoms with Crippen molar-refractivity contribution in [2.45, 2.75) is 32.8 Å². The molecule has 1 heterocycles. The lowest BCUT2D eigenvalue weighted by Gasteiger charge is -2.18. The van der Waals surface area contributed by atoms with Crippen LogP contribution in [0.2, 0.25) is 0 Å². The quantitative estimate of drug-likeness (QED) is 0.877. The zero-order chi connectivity index (χ0) is 16.9. The maximum atomic E-state index is 12.5. The van der Waals surface area contributed by atoms with Crippen molar-refractivity contribution in [3.8, 4) is 5.75 Å². The highest BCUT2D eigenvalue weighted by molar-refractivity contribution is 5.98. The molecule has 126 valence electrons. The van der Waals surface area contributed by atoms with Gasteiger partial charge < -0.3 is 15.0 Å². The third-order valence-electron chi connectivity index (χ3n) is 4.38. The fourth-order valence-corrected chi connectivity index (χ4v) is 2.87. The molecule has 1 atom stereocenters. The van der Waals surface area contributed by atoms with Crippen LogP contribution in [0.3, 0.4) is 0 Å². The third kappa shape index (κ3) is 3.70. The number of benzene rings is 2. The van der Waals surface area contributed by atoms with Crippen LogP contribution in [0.4, 0.5) is 11.4 Å². The second-order valence-electron chi connectivity index (χ2n) is 6.14. The molecule has 4 nitrogen and oxygen atoms in total. The van der Waals surface area contributed by atoms with Crippen LogP contribution in [-0.4, -0.2) is 25.1 Å². The van der Waals surface area contributed by atoms with Crippen LogP contribution in [0.25, 0.3) is 0 Å². The Kier molecular flexibility index (Phi) is 5.04. The smallest absolute Gasteiger partial charge is 0.246 e. The van der Waals surface area contributed by atoms with Gasteiger partial charge in [0.2, 0.25) is 5.91 Å². The normalized spacial score (nSPS) is 14.2. The predicted molar refractivity (Wildman–Crippen MR) is 97.8 cm³/mol. The van der Waals surface area contributed by atoms with Gasteiger partial charge in [0.15, 0.2) is 0 Å². The summed E-state index contributed by atoms with van der Waals surface area (Å²) in [5, 5.41) is 3.21. The van der Waals surface area contributed by atoms with Crippen molar-refractivity contribution in [2.75, 3.05) is 23.3 Å². The number of carbonyl (C=O) groups excluding carboxylic acids is 1. The van der Waals surface area contributed by atoms with Crippen molar-refractivity contribution in [3.05, 3.63) is 54.1 Å². The van der Waals surface area contributed by atoms with Gasteiger partial charge in [0.05, 0.1) is 12.6 Å². The van der Waals surface area contributed by atoms with Crippen molar-refractivity contribution < 1.29 is 9.53 Å². The molecule has 24 heavy (non-hydrogen) atoms. The highest BCUT2D eigenvalue weighted by atomic mass is 16.5. The van der Waals surface area contributed by atoms with Crippen molar-refractivity contribution >= 4 is 17.3 Å². The molecule has 0 spiro atoms. The number of para-hydroxylation sites is 1. The first kappa shape index (κ1) is 16.4. The molecule has 1 amide bonds. The molecule has 1 N–H and O–H groups in total. The lowest BCUT2D eigenvalue weighted by atomic mass is 10.2. The van der Waals surface area contributed by atoms with E-state index in [9.17, 15) is 4.79 Å².